The summed E-state index contributed by atoms with van der Waals surface area (Å²) in [5.41, 5.74) is 0.0347. The maximum atomic E-state index is 11.0. The van der Waals surface area contributed by atoms with E-state index in [0.29, 0.717) is 18.1 Å². The Morgan fingerprint density at radius 2 is 1.84 bits per heavy atom. The van der Waals surface area contributed by atoms with Crippen LogP contribution in [0.3, 0.4) is 0 Å². The van der Waals surface area contributed by atoms with Crippen molar-refractivity contribution in [2.45, 2.75) is 49.8 Å². The summed E-state index contributed by atoms with van der Waals surface area (Å²) in [6, 6.07) is 1.29. The number of hydrogen-bond acceptors (Lipinski definition) is 5. The zero-order valence-corrected chi connectivity index (χ0v) is 11.5. The molecule has 2 aliphatic heterocycles. The average molecular weight is 263 g/mol. The largest absolute Gasteiger partial charge is 0.467 e. The fourth-order valence-corrected chi connectivity index (χ4v) is 3.55. The van der Waals surface area contributed by atoms with Crippen molar-refractivity contribution < 1.29 is 9.84 Å². The molecule has 2 fully saturated rings. The highest BCUT2D eigenvalue weighted by Crippen LogP contribution is 2.43. The summed E-state index contributed by atoms with van der Waals surface area (Å²) in [5.74, 6) is 0. The predicted molar refractivity (Wildman–Crippen MR) is 70.9 cm³/mol. The van der Waals surface area contributed by atoms with Crippen molar-refractivity contribution in [1.29, 1.82) is 0 Å². The van der Waals surface area contributed by atoms with Crippen LogP contribution in [0.2, 0.25) is 0 Å². The molecule has 2 aliphatic rings. The van der Waals surface area contributed by atoms with Gasteiger partial charge in [0.25, 0.3) is 0 Å². The van der Waals surface area contributed by atoms with Crippen LogP contribution in [-0.2, 0) is 5.60 Å². The summed E-state index contributed by atoms with van der Waals surface area (Å²) < 4.78 is 4.97. The first kappa shape index (κ1) is 12.8. The highest BCUT2D eigenvalue weighted by atomic mass is 16.5. The van der Waals surface area contributed by atoms with E-state index in [9.17, 15) is 5.11 Å². The van der Waals surface area contributed by atoms with E-state index in [1.807, 2.05) is 0 Å². The third-order valence-corrected chi connectivity index (χ3v) is 4.72. The lowest BCUT2D eigenvalue weighted by molar-refractivity contribution is -0.0878. The van der Waals surface area contributed by atoms with Gasteiger partial charge in [-0.1, -0.05) is 6.42 Å². The zero-order chi connectivity index (χ0) is 13.5. The second-order valence-corrected chi connectivity index (χ2v) is 5.80. The number of hydrogen-bond donors (Lipinski definition) is 1. The van der Waals surface area contributed by atoms with Gasteiger partial charge in [0, 0.05) is 30.0 Å². The number of piperidine rings is 2. The van der Waals surface area contributed by atoms with Gasteiger partial charge in [0.05, 0.1) is 12.7 Å². The topological polar surface area (TPSA) is 58.5 Å². The lowest BCUT2D eigenvalue weighted by Gasteiger charge is -2.50. The van der Waals surface area contributed by atoms with E-state index < -0.39 is 5.60 Å². The van der Waals surface area contributed by atoms with Gasteiger partial charge in [-0.3, -0.25) is 0 Å². The van der Waals surface area contributed by atoms with Gasteiger partial charge in [-0.05, 0) is 32.7 Å². The molecule has 19 heavy (non-hydrogen) atoms. The zero-order valence-electron chi connectivity index (χ0n) is 11.5. The second kappa shape index (κ2) is 4.72. The van der Waals surface area contributed by atoms with Crippen molar-refractivity contribution in [3.63, 3.8) is 0 Å². The lowest BCUT2D eigenvalue weighted by atomic mass is 9.73. The van der Waals surface area contributed by atoms with Crippen LogP contribution in [0.1, 0.15) is 37.7 Å². The van der Waals surface area contributed by atoms with Crippen molar-refractivity contribution in [2.75, 3.05) is 14.2 Å². The van der Waals surface area contributed by atoms with Crippen LogP contribution in [0.5, 0.6) is 6.01 Å². The van der Waals surface area contributed by atoms with E-state index in [-0.39, 0.29) is 0 Å². The third kappa shape index (κ3) is 2.21. The maximum Gasteiger partial charge on any atom is 0.316 e. The Bertz CT molecular complexity index is 435. The van der Waals surface area contributed by atoms with Gasteiger partial charge in [0.15, 0.2) is 0 Å². The highest BCUT2D eigenvalue weighted by molar-refractivity contribution is 5.20. The van der Waals surface area contributed by atoms with Crippen molar-refractivity contribution in [2.24, 2.45) is 0 Å². The number of methoxy groups -OCH3 is 1. The van der Waals surface area contributed by atoms with Gasteiger partial charge in [0.2, 0.25) is 0 Å². The fraction of sp³-hybridized carbons (Fsp3) is 0.714. The SMILES string of the molecule is COc1ncc(C2(O)CC3CCCC(C2)N3C)cn1. The molecule has 5 nitrogen and oxygen atoms in total. The summed E-state index contributed by atoms with van der Waals surface area (Å²) in [6.07, 6.45) is 8.57. The Balaban J connectivity index is 1.86. The number of rotatable bonds is 2. The number of ether oxygens (including phenoxy) is 1. The van der Waals surface area contributed by atoms with E-state index in [1.165, 1.54) is 19.3 Å². The summed E-state index contributed by atoms with van der Waals surface area (Å²) in [5, 5.41) is 11.0. The van der Waals surface area contributed by atoms with Gasteiger partial charge in [0.1, 0.15) is 0 Å². The van der Waals surface area contributed by atoms with Gasteiger partial charge in [-0.2, -0.15) is 0 Å². The summed E-state index contributed by atoms with van der Waals surface area (Å²) in [6.45, 7) is 0. The highest BCUT2D eigenvalue weighted by Gasteiger charge is 2.45. The molecular weight excluding hydrogens is 242 g/mol. The van der Waals surface area contributed by atoms with E-state index in [1.54, 1.807) is 19.5 Å². The van der Waals surface area contributed by atoms with Crippen LogP contribution >= 0.6 is 0 Å². The Morgan fingerprint density at radius 3 is 2.37 bits per heavy atom. The average Bonchev–Trinajstić information content (AvgIpc) is 2.41. The fourth-order valence-electron chi connectivity index (χ4n) is 3.55. The summed E-state index contributed by atoms with van der Waals surface area (Å²) in [7, 11) is 3.72. The lowest BCUT2D eigenvalue weighted by Crippen LogP contribution is -2.55. The predicted octanol–water partition coefficient (Wildman–Crippen LogP) is 1.32. The summed E-state index contributed by atoms with van der Waals surface area (Å²) in [4.78, 5) is 10.7. The standard InChI is InChI=1S/C14H21N3O2/c1-17-11-4-3-5-12(17)7-14(18,6-11)10-8-15-13(19-2)16-9-10/h8-9,11-12,18H,3-7H2,1-2H3. The van der Waals surface area contributed by atoms with Gasteiger partial charge in [-0.15, -0.1) is 0 Å². The first-order valence-electron chi connectivity index (χ1n) is 6.93. The van der Waals surface area contributed by atoms with E-state index in [0.717, 1.165) is 18.4 Å². The normalized spacial score (nSPS) is 35.1. The van der Waals surface area contributed by atoms with Crippen LogP contribution in [0.4, 0.5) is 0 Å². The number of nitrogens with zero attached hydrogens (tertiary/aromatic N) is 3. The summed E-state index contributed by atoms with van der Waals surface area (Å²) >= 11 is 0. The molecule has 1 N–H and O–H groups in total. The molecule has 2 atom stereocenters. The smallest absolute Gasteiger partial charge is 0.316 e. The Kier molecular flexibility index (Phi) is 3.19. The van der Waals surface area contributed by atoms with Crippen LogP contribution in [0.25, 0.3) is 0 Å². The number of fused-ring (bicyclic) bond motifs is 2. The van der Waals surface area contributed by atoms with Crippen molar-refractivity contribution in [1.82, 2.24) is 14.9 Å². The first-order chi connectivity index (χ1) is 9.12. The Labute approximate surface area is 113 Å². The Hall–Kier alpha value is -1.20. The van der Waals surface area contributed by atoms with E-state index in [2.05, 4.69) is 21.9 Å². The van der Waals surface area contributed by atoms with Crippen molar-refractivity contribution >= 4 is 0 Å². The molecule has 104 valence electrons. The minimum Gasteiger partial charge on any atom is -0.467 e. The first-order valence-corrected chi connectivity index (χ1v) is 6.93. The molecule has 5 heteroatoms. The molecule has 1 aromatic heterocycles. The Morgan fingerprint density at radius 1 is 1.26 bits per heavy atom. The molecule has 0 spiro atoms. The van der Waals surface area contributed by atoms with Crippen molar-refractivity contribution in [3.05, 3.63) is 18.0 Å². The van der Waals surface area contributed by atoms with Crippen LogP contribution < -0.4 is 4.74 Å². The van der Waals surface area contributed by atoms with E-state index in [4.69, 9.17) is 4.74 Å². The van der Waals surface area contributed by atoms with E-state index >= 15 is 0 Å². The van der Waals surface area contributed by atoms with Gasteiger partial charge < -0.3 is 14.7 Å². The molecule has 2 saturated heterocycles. The number of aromatic nitrogens is 2. The molecular formula is C14H21N3O2. The molecule has 3 heterocycles. The monoisotopic (exact) mass is 263 g/mol. The quantitative estimate of drug-likeness (QED) is 0.872. The molecule has 3 rings (SSSR count). The molecule has 2 unspecified atom stereocenters. The van der Waals surface area contributed by atoms with Crippen LogP contribution in [0.15, 0.2) is 12.4 Å². The van der Waals surface area contributed by atoms with Gasteiger partial charge >= 0.3 is 6.01 Å². The van der Waals surface area contributed by atoms with Crippen molar-refractivity contribution in [3.8, 4) is 6.01 Å². The molecule has 0 saturated carbocycles. The molecule has 0 amide bonds. The molecule has 0 aromatic carbocycles. The van der Waals surface area contributed by atoms with Crippen LogP contribution in [0, 0.1) is 0 Å². The molecule has 0 aliphatic carbocycles. The number of aliphatic hydroxyl groups is 1. The minimum absolute atomic E-state index is 0.348. The maximum absolute atomic E-state index is 11.0. The molecule has 2 bridgehead atoms. The molecule has 1 aromatic rings. The third-order valence-electron chi connectivity index (χ3n) is 4.72. The minimum atomic E-state index is -0.783. The van der Waals surface area contributed by atoms with Gasteiger partial charge in [-0.25, -0.2) is 9.97 Å². The molecule has 0 radical (unpaired) electrons. The second-order valence-electron chi connectivity index (χ2n) is 5.80. The van der Waals surface area contributed by atoms with Crippen LogP contribution in [-0.4, -0.2) is 46.2 Å².